The largest absolute Gasteiger partial charge is 0.354 e. The lowest BCUT2D eigenvalue weighted by molar-refractivity contribution is -0.131. The summed E-state index contributed by atoms with van der Waals surface area (Å²) in [7, 11) is 4.30. The molecule has 15 rings (SSSR count). The number of piperidine rings is 5. The molecule has 5 fully saturated rings. The molecule has 0 aromatic carbocycles. The van der Waals surface area contributed by atoms with Crippen molar-refractivity contribution in [1.82, 2.24) is 99.3 Å². The van der Waals surface area contributed by atoms with E-state index in [2.05, 4.69) is 99.0 Å². The van der Waals surface area contributed by atoms with Crippen molar-refractivity contribution in [3.05, 3.63) is 150 Å². The van der Waals surface area contributed by atoms with E-state index in [-0.39, 0.29) is 80.4 Å². The van der Waals surface area contributed by atoms with Crippen LogP contribution in [0.5, 0.6) is 0 Å². The van der Waals surface area contributed by atoms with Gasteiger partial charge in [0, 0.05) is 163 Å². The number of likely N-dealkylation sites (tertiary alicyclic amines) is 5. The van der Waals surface area contributed by atoms with E-state index in [9.17, 15) is 24.0 Å². The lowest BCUT2D eigenvalue weighted by Crippen LogP contribution is -2.53. The first-order valence-corrected chi connectivity index (χ1v) is 34.8. The van der Waals surface area contributed by atoms with Crippen LogP contribution >= 0.6 is 0 Å². The van der Waals surface area contributed by atoms with E-state index in [1.165, 1.54) is 74.7 Å². The van der Waals surface area contributed by atoms with Gasteiger partial charge < -0.3 is 98.1 Å². The summed E-state index contributed by atoms with van der Waals surface area (Å²) in [6, 6.07) is -1.01. The predicted octanol–water partition coefficient (Wildman–Crippen LogP) is 7.75. The number of amides is 5. The Bertz CT molecular complexity index is 7120. The number of hydrogen-bond donors (Lipinski definition) is 5. The number of rotatable bonds is 15. The minimum Gasteiger partial charge on any atom is -0.354 e. The summed E-state index contributed by atoms with van der Waals surface area (Å²) in [5, 5.41) is 1.67. The van der Waals surface area contributed by atoms with Crippen molar-refractivity contribution >= 4 is 114 Å². The Balaban J connectivity index is 0.000000182. The first-order valence-electron chi connectivity index (χ1n) is 54.3. The zero-order chi connectivity index (χ0) is 116. The molecule has 5 amide bonds. The second-order valence-electron chi connectivity index (χ2n) is 25.7. The molecular formula is C80H100N30O5. The van der Waals surface area contributed by atoms with Crippen LogP contribution in [0, 0.1) is 62.4 Å². The maximum absolute atomic E-state index is 12.6. The quantitative estimate of drug-likeness (QED) is 0.0612. The number of nitrogens with zero attached hydrogens (tertiary/aromatic N) is 25. The number of H-pyrrole nitrogens is 5. The van der Waals surface area contributed by atoms with Gasteiger partial charge in [0.2, 0.25) is 0 Å². The smallest absolute Gasteiger partial charge is 0.302 e. The monoisotopic (exact) mass is 1600 g/mol. The summed E-state index contributed by atoms with van der Waals surface area (Å²) in [6.45, 7) is -3.93. The molecule has 5 saturated heterocycles. The Morgan fingerprint density at radius 1 is 0.391 bits per heavy atom. The zero-order valence-electron chi connectivity index (χ0n) is 101. The van der Waals surface area contributed by atoms with Gasteiger partial charge in [-0.15, -0.1) is 0 Å². The summed E-state index contributed by atoms with van der Waals surface area (Å²) in [5.41, 5.74) is 1.23. The number of aromatic amines is 5. The highest BCUT2D eigenvalue weighted by Crippen LogP contribution is 2.35. The van der Waals surface area contributed by atoms with Crippen LogP contribution in [0.4, 0.5) is 29.1 Å². The Kier molecular flexibility index (Phi) is 15.2. The van der Waals surface area contributed by atoms with E-state index < -0.39 is 259 Å². The van der Waals surface area contributed by atoms with Gasteiger partial charge in [-0.05, 0) is 92.0 Å². The van der Waals surface area contributed by atoms with E-state index in [0.29, 0.717) is 52.9 Å². The van der Waals surface area contributed by atoms with Gasteiger partial charge in [0.15, 0.2) is 0 Å². The number of hydrogen-bond acceptors (Lipinski definition) is 20. The number of fused-ring (bicyclic) bond motifs is 5. The van der Waals surface area contributed by atoms with Crippen LogP contribution in [-0.2, 0) is 24.0 Å². The highest BCUT2D eigenvalue weighted by molar-refractivity contribution is 5.91. The number of anilines is 5. The summed E-state index contributed by atoms with van der Waals surface area (Å²) in [5.74, 6) is -12.6. The molecule has 10 aromatic heterocycles. The van der Waals surface area contributed by atoms with Crippen LogP contribution in [0.15, 0.2) is 92.8 Å². The zero-order valence-corrected chi connectivity index (χ0v) is 62.2. The maximum Gasteiger partial charge on any atom is 0.302 e. The van der Waals surface area contributed by atoms with Crippen molar-refractivity contribution in [2.75, 3.05) is 157 Å². The molecule has 35 nitrogen and oxygen atoms in total. The van der Waals surface area contributed by atoms with Crippen LogP contribution in [-0.4, -0.2) is 292 Å². The standard InChI is InChI=1S/5C16H20N6O/c5*1-11-5-7-22(14(23)8-17-2)9-13(11)21(3)16-12-4-6-18-15(12)19-10-20-16/h5*4,6,10-11,13H,5,7-9H2,1,3H3,(H,18,19,20)/t5*11-,13+/m11111/s1/i7D2,9D2,10D,11D,13D;1D3,3D3,7D2,9D2,10D;3D3,7D2,9D2,10D;1D3,7D2,9D2,10D;7D2,9D2,10D. The van der Waals surface area contributed by atoms with Gasteiger partial charge in [-0.25, -0.2) is 82.7 Å². The molecule has 5 N–H and O–H groups in total. The van der Waals surface area contributed by atoms with E-state index >= 15 is 0 Å². The molecule has 600 valence electrons. The number of likely N-dealkylation sites (N-methyl/N-ethyl adjacent to an activating group) is 5. The van der Waals surface area contributed by atoms with Crippen LogP contribution < -0.4 is 24.5 Å². The highest BCUT2D eigenvalue weighted by Gasteiger charge is 2.39. The topological polar surface area (TPSA) is 347 Å². The molecule has 15 heterocycles. The maximum atomic E-state index is 12.6. The van der Waals surface area contributed by atoms with Gasteiger partial charge in [0.05, 0.1) is 72.2 Å². The highest BCUT2D eigenvalue weighted by atomic mass is 16.2. The van der Waals surface area contributed by atoms with Gasteiger partial charge >= 0.3 is 29.5 Å². The minimum atomic E-state index is -3.23. The van der Waals surface area contributed by atoms with Crippen molar-refractivity contribution in [2.45, 2.75) is 96.8 Å². The number of nitrogens with one attached hydrogen (secondary N) is 5. The van der Waals surface area contributed by atoms with E-state index in [1.54, 1.807) is 38.4 Å². The molecule has 0 radical (unpaired) electrons. The molecule has 0 unspecified atom stereocenters. The molecule has 0 bridgehead atoms. The molecule has 5 aliphatic heterocycles. The fourth-order valence-corrected chi connectivity index (χ4v) is 12.1. The van der Waals surface area contributed by atoms with Gasteiger partial charge in [-0.3, -0.25) is 24.0 Å². The molecular weight excluding hydrogens is 1460 g/mol. The van der Waals surface area contributed by atoms with E-state index in [4.69, 9.17) is 86.3 Å². The lowest BCUT2D eigenvalue weighted by Gasteiger charge is -2.41. The molecule has 5 aliphatic rings. The predicted molar refractivity (Wildman–Crippen MR) is 440 cm³/mol. The number of carbonyl (C=O) groups excluding carboxylic acids is 5. The van der Waals surface area contributed by atoms with Crippen molar-refractivity contribution in [2.24, 2.45) is 29.6 Å². The van der Waals surface area contributed by atoms with Gasteiger partial charge in [-0.1, -0.05) is 34.5 Å². The number of carbonyl (C=O) groups is 5. The molecule has 0 aliphatic carbocycles. The van der Waals surface area contributed by atoms with E-state index in [1.807, 2.05) is 0 Å². The average Bonchev–Trinajstić information content (AvgIpc) is 0.933. The van der Waals surface area contributed by atoms with Crippen molar-refractivity contribution < 1.29 is 77.4 Å². The third-order valence-electron chi connectivity index (χ3n) is 18.0. The fraction of sp³-hybridized carbons (Fsp3) is 0.500. The number of aromatic nitrogens is 15. The third kappa shape index (κ3) is 19.2. The fourth-order valence-electron chi connectivity index (χ4n) is 12.1. The second kappa shape index (κ2) is 38.4. The summed E-state index contributed by atoms with van der Waals surface area (Å²) >= 11 is 0. The molecule has 10 aromatic rings. The van der Waals surface area contributed by atoms with Crippen LogP contribution in [0.25, 0.3) is 79.4 Å². The minimum absolute atomic E-state index is 0.0105. The normalized spacial score (nSPS) is 32.3. The Morgan fingerprint density at radius 2 is 0.635 bits per heavy atom. The molecule has 0 spiro atoms. The van der Waals surface area contributed by atoms with Gasteiger partial charge in [0.1, 0.15) is 95.7 Å². The SMILES string of the molecule is [2H]c1nc(N(C)[C@@H]2[C@H](C([2H])([2H])[2H])CC([2H])([2H])N(C(=O)C[N+]#[C-])C2([2H])[2H])c2cc[nH]c2n1.[2H]c1nc(N(C)[C@@H]2[C@H](C)CC([2H])([2H])N(C(=O)C[N+]#[C-])C2([2H])[2H])c2cc[nH]c2n1.[2H]c1nc(N(C)[C@@]2([2H])C([2H])([2H])N(C(=O)C[N+]#[C-])C([2H])([2H])C[C@@]2([2H])C)c2cc[nH]c2n1.[2H]c1nc(N([C@@H]2[C@H](C([2H])([2H])[2H])CC([2H])([2H])N(C(=O)C[N+]#[C-])C2([2H])[2H])C([2H])([2H])[2H])c2cc[nH]c2n1.[2H]c1nc(N([C@@H]2[C@H](C)CC([2H])([2H])N(C(=O)C[N+]#[C-])C2([2H])[2H])C([2H])([2H])[2H])c2cc[nH]c2n1. The average molecular weight is 1600 g/mol. The molecule has 10 atom stereocenters. The Hall–Kier alpha value is -13.1. The van der Waals surface area contributed by atoms with Crippen LogP contribution in [0.3, 0.4) is 0 Å². The lowest BCUT2D eigenvalue weighted by atomic mass is 9.92. The molecule has 35 heteroatoms. The Morgan fingerprint density at radius 3 is 0.922 bits per heavy atom. The first-order chi connectivity index (χ1) is 70.6. The van der Waals surface area contributed by atoms with Gasteiger partial charge in [-0.2, -0.15) is 0 Å². The van der Waals surface area contributed by atoms with Gasteiger partial charge in [0.25, 0.3) is 32.7 Å². The Labute approximate surface area is 723 Å². The van der Waals surface area contributed by atoms with Crippen LogP contribution in [0.2, 0.25) is 0 Å². The van der Waals surface area contributed by atoms with Crippen LogP contribution in [0.1, 0.15) is 120 Å². The van der Waals surface area contributed by atoms with Crippen molar-refractivity contribution in [3.8, 4) is 0 Å². The third-order valence-corrected chi connectivity index (χ3v) is 18.0. The summed E-state index contributed by atoms with van der Waals surface area (Å²) in [6.07, 6.45) is 2.70. The molecule has 115 heavy (non-hydrogen) atoms. The first kappa shape index (κ1) is 45.6. The summed E-state index contributed by atoms with van der Waals surface area (Å²) < 4.78 is 322. The van der Waals surface area contributed by atoms with Crippen molar-refractivity contribution in [3.63, 3.8) is 0 Å². The second-order valence-corrected chi connectivity index (χ2v) is 25.7. The van der Waals surface area contributed by atoms with E-state index in [0.717, 1.165) is 9.80 Å². The summed E-state index contributed by atoms with van der Waals surface area (Å²) in [4.78, 5) is 137. The molecule has 0 saturated carbocycles. The van der Waals surface area contributed by atoms with Crippen molar-refractivity contribution in [1.29, 1.82) is 0 Å².